The zero-order chi connectivity index (χ0) is 15.6. The average molecular weight is 289 g/mol. The molecule has 1 N–H and O–H groups in total. The highest BCUT2D eigenvalue weighted by molar-refractivity contribution is 5.27. The lowest BCUT2D eigenvalue weighted by Crippen LogP contribution is -2.29. The first-order valence-corrected chi connectivity index (χ1v) is 8.11. The highest BCUT2D eigenvalue weighted by atomic mass is 16.5. The van der Waals surface area contributed by atoms with Crippen molar-refractivity contribution in [3.8, 4) is 5.75 Å². The third kappa shape index (κ3) is 7.91. The molecule has 0 atom stereocenters. The van der Waals surface area contributed by atoms with Gasteiger partial charge in [-0.25, -0.2) is 0 Å². The van der Waals surface area contributed by atoms with Crippen LogP contribution in [0.3, 0.4) is 0 Å². The van der Waals surface area contributed by atoms with Crippen molar-refractivity contribution in [3.05, 3.63) is 42.5 Å². The fourth-order valence-electron chi connectivity index (χ4n) is 2.35. The Balaban J connectivity index is 2.29. The fourth-order valence-corrected chi connectivity index (χ4v) is 2.35. The molecule has 1 aromatic carbocycles. The standard InChI is InChI=1S/C19H31NO/c1-5-7-8-13-19(3,4)16-20-15-17-9-11-18(12-10-17)21-14-6-2/h6,9-12,20H,2,5,7-8,13-16H2,1,3-4H3. The van der Waals surface area contributed by atoms with E-state index in [1.807, 2.05) is 12.1 Å². The topological polar surface area (TPSA) is 21.3 Å². The van der Waals surface area contributed by atoms with E-state index >= 15 is 0 Å². The molecule has 0 unspecified atom stereocenters. The van der Waals surface area contributed by atoms with Gasteiger partial charge < -0.3 is 10.1 Å². The van der Waals surface area contributed by atoms with Gasteiger partial charge in [0.05, 0.1) is 0 Å². The van der Waals surface area contributed by atoms with Gasteiger partial charge >= 0.3 is 0 Å². The maximum atomic E-state index is 5.49. The molecule has 0 heterocycles. The van der Waals surface area contributed by atoms with Crippen molar-refractivity contribution >= 4 is 0 Å². The van der Waals surface area contributed by atoms with E-state index < -0.39 is 0 Å². The van der Waals surface area contributed by atoms with E-state index in [1.54, 1.807) is 6.08 Å². The molecule has 1 aromatic rings. The van der Waals surface area contributed by atoms with Crippen molar-refractivity contribution < 1.29 is 4.74 Å². The summed E-state index contributed by atoms with van der Waals surface area (Å²) >= 11 is 0. The van der Waals surface area contributed by atoms with E-state index in [-0.39, 0.29) is 0 Å². The minimum Gasteiger partial charge on any atom is -0.490 e. The zero-order valence-electron chi connectivity index (χ0n) is 14.0. The summed E-state index contributed by atoms with van der Waals surface area (Å²) in [5.74, 6) is 0.901. The first-order valence-electron chi connectivity index (χ1n) is 8.11. The van der Waals surface area contributed by atoms with Gasteiger partial charge in [0.1, 0.15) is 12.4 Å². The molecular weight excluding hydrogens is 258 g/mol. The number of rotatable bonds is 11. The summed E-state index contributed by atoms with van der Waals surface area (Å²) in [5, 5.41) is 3.57. The van der Waals surface area contributed by atoms with Crippen LogP contribution in [0.15, 0.2) is 36.9 Å². The van der Waals surface area contributed by atoms with Gasteiger partial charge in [-0.05, 0) is 29.5 Å². The SMILES string of the molecule is C=CCOc1ccc(CNCC(C)(C)CCCCC)cc1. The molecule has 0 radical (unpaired) electrons. The summed E-state index contributed by atoms with van der Waals surface area (Å²) in [6.45, 7) is 13.1. The Morgan fingerprint density at radius 3 is 2.52 bits per heavy atom. The van der Waals surface area contributed by atoms with E-state index in [2.05, 4.69) is 44.8 Å². The second-order valence-electron chi connectivity index (χ2n) is 6.47. The molecule has 0 aliphatic rings. The van der Waals surface area contributed by atoms with Crippen LogP contribution in [0.25, 0.3) is 0 Å². The minimum atomic E-state index is 0.377. The highest BCUT2D eigenvalue weighted by Gasteiger charge is 2.16. The van der Waals surface area contributed by atoms with Crippen molar-refractivity contribution in [1.82, 2.24) is 5.32 Å². The third-order valence-corrected chi connectivity index (χ3v) is 3.68. The number of nitrogens with one attached hydrogen (secondary N) is 1. The molecule has 0 saturated carbocycles. The van der Waals surface area contributed by atoms with E-state index in [9.17, 15) is 0 Å². The van der Waals surface area contributed by atoms with Crippen LogP contribution in [0.5, 0.6) is 5.75 Å². The van der Waals surface area contributed by atoms with Crippen LogP contribution < -0.4 is 10.1 Å². The Bertz CT molecular complexity index is 395. The normalized spacial score (nSPS) is 11.4. The summed E-state index contributed by atoms with van der Waals surface area (Å²) in [6.07, 6.45) is 7.03. The van der Waals surface area contributed by atoms with Crippen LogP contribution in [0, 0.1) is 5.41 Å². The maximum Gasteiger partial charge on any atom is 0.119 e. The van der Waals surface area contributed by atoms with Crippen LogP contribution in [0.1, 0.15) is 52.0 Å². The fraction of sp³-hybridized carbons (Fsp3) is 0.579. The van der Waals surface area contributed by atoms with Crippen molar-refractivity contribution in [2.75, 3.05) is 13.2 Å². The monoisotopic (exact) mass is 289 g/mol. The summed E-state index contributed by atoms with van der Waals surface area (Å²) < 4.78 is 5.49. The highest BCUT2D eigenvalue weighted by Crippen LogP contribution is 2.22. The Morgan fingerprint density at radius 1 is 1.19 bits per heavy atom. The van der Waals surface area contributed by atoms with Crippen LogP contribution in [-0.4, -0.2) is 13.2 Å². The molecular formula is C19H31NO. The Kier molecular flexibility index (Phi) is 8.14. The minimum absolute atomic E-state index is 0.377. The molecule has 0 spiro atoms. The molecule has 0 fully saturated rings. The van der Waals surface area contributed by atoms with Crippen molar-refractivity contribution in [3.63, 3.8) is 0 Å². The lowest BCUT2D eigenvalue weighted by atomic mass is 9.87. The molecule has 118 valence electrons. The molecule has 0 aromatic heterocycles. The molecule has 1 rings (SSSR count). The van der Waals surface area contributed by atoms with E-state index in [1.165, 1.54) is 31.2 Å². The van der Waals surface area contributed by atoms with E-state index in [0.717, 1.165) is 18.8 Å². The van der Waals surface area contributed by atoms with E-state index in [0.29, 0.717) is 12.0 Å². The van der Waals surface area contributed by atoms with Gasteiger partial charge in [-0.2, -0.15) is 0 Å². The summed E-state index contributed by atoms with van der Waals surface area (Å²) in [7, 11) is 0. The number of hydrogen-bond acceptors (Lipinski definition) is 2. The second kappa shape index (κ2) is 9.62. The number of hydrogen-bond donors (Lipinski definition) is 1. The number of ether oxygens (including phenoxy) is 1. The average Bonchev–Trinajstić information content (AvgIpc) is 2.46. The van der Waals surface area contributed by atoms with Crippen molar-refractivity contribution in [2.45, 2.75) is 53.0 Å². The third-order valence-electron chi connectivity index (χ3n) is 3.68. The summed E-state index contributed by atoms with van der Waals surface area (Å²) in [6, 6.07) is 8.28. The van der Waals surface area contributed by atoms with Gasteiger partial charge in [-0.15, -0.1) is 0 Å². The predicted octanol–water partition coefficient (Wildman–Crippen LogP) is 4.95. The van der Waals surface area contributed by atoms with Gasteiger partial charge in [-0.1, -0.05) is 64.8 Å². The van der Waals surface area contributed by atoms with Crippen LogP contribution in [-0.2, 0) is 6.54 Å². The lowest BCUT2D eigenvalue weighted by Gasteiger charge is -2.25. The maximum absolute atomic E-state index is 5.49. The van der Waals surface area contributed by atoms with Crippen LogP contribution in [0.4, 0.5) is 0 Å². The van der Waals surface area contributed by atoms with Crippen molar-refractivity contribution in [1.29, 1.82) is 0 Å². The molecule has 0 aliphatic heterocycles. The Morgan fingerprint density at radius 2 is 1.90 bits per heavy atom. The van der Waals surface area contributed by atoms with Gasteiger partial charge in [0.2, 0.25) is 0 Å². The first kappa shape index (κ1) is 17.8. The van der Waals surface area contributed by atoms with Crippen LogP contribution in [0.2, 0.25) is 0 Å². The van der Waals surface area contributed by atoms with Gasteiger partial charge in [0, 0.05) is 13.1 Å². The van der Waals surface area contributed by atoms with Crippen LogP contribution >= 0.6 is 0 Å². The molecule has 0 aliphatic carbocycles. The molecule has 2 heteroatoms. The molecule has 0 bridgehead atoms. The largest absolute Gasteiger partial charge is 0.490 e. The Labute approximate surface area is 130 Å². The van der Waals surface area contributed by atoms with E-state index in [4.69, 9.17) is 4.74 Å². The molecule has 21 heavy (non-hydrogen) atoms. The Hall–Kier alpha value is -1.28. The summed E-state index contributed by atoms with van der Waals surface area (Å²) in [5.41, 5.74) is 1.67. The van der Waals surface area contributed by atoms with Gasteiger partial charge in [0.25, 0.3) is 0 Å². The zero-order valence-corrected chi connectivity index (χ0v) is 14.0. The first-order chi connectivity index (χ1) is 10.1. The van der Waals surface area contributed by atoms with Crippen molar-refractivity contribution in [2.24, 2.45) is 5.41 Å². The number of benzene rings is 1. The molecule has 0 amide bonds. The van der Waals surface area contributed by atoms with Gasteiger partial charge in [-0.3, -0.25) is 0 Å². The molecule has 2 nitrogen and oxygen atoms in total. The lowest BCUT2D eigenvalue weighted by molar-refractivity contribution is 0.302. The molecule has 0 saturated heterocycles. The predicted molar refractivity (Wildman–Crippen MR) is 91.8 cm³/mol. The second-order valence-corrected chi connectivity index (χ2v) is 6.47. The van der Waals surface area contributed by atoms with Gasteiger partial charge in [0.15, 0.2) is 0 Å². The quantitative estimate of drug-likeness (QED) is 0.460. The smallest absolute Gasteiger partial charge is 0.119 e. The number of unbranched alkanes of at least 4 members (excludes halogenated alkanes) is 2. The summed E-state index contributed by atoms with van der Waals surface area (Å²) in [4.78, 5) is 0.